The molecule has 0 saturated heterocycles. The molecule has 1 saturated carbocycles. The molecule has 1 aliphatic rings. The van der Waals surface area contributed by atoms with Gasteiger partial charge in [-0.3, -0.25) is 4.79 Å². The first-order valence-corrected chi connectivity index (χ1v) is 8.42. The predicted octanol–water partition coefficient (Wildman–Crippen LogP) is 3.95. The molecule has 0 aromatic heterocycles. The number of rotatable bonds is 3. The second-order valence-electron chi connectivity index (χ2n) is 6.95. The number of amides is 1. The molecule has 2 unspecified atom stereocenters. The number of carbonyl (C=O) groups excluding carboxylic acids is 1. The Morgan fingerprint density at radius 2 is 2.05 bits per heavy atom. The van der Waals surface area contributed by atoms with Crippen molar-refractivity contribution in [3.8, 4) is 0 Å². The van der Waals surface area contributed by atoms with Crippen LogP contribution in [0.1, 0.15) is 45.6 Å². The maximum Gasteiger partial charge on any atom is 0.227 e. The Hall–Kier alpha value is -1.00. The zero-order chi connectivity index (χ0) is 15.6. The van der Waals surface area contributed by atoms with Crippen molar-refractivity contribution in [3.05, 3.63) is 23.8 Å². The van der Waals surface area contributed by atoms with Gasteiger partial charge in [0.2, 0.25) is 5.91 Å². The summed E-state index contributed by atoms with van der Waals surface area (Å²) in [4.78, 5) is 13.5. The van der Waals surface area contributed by atoms with E-state index in [0.29, 0.717) is 0 Å². The summed E-state index contributed by atoms with van der Waals surface area (Å²) in [5, 5.41) is 3.06. The molecule has 1 aromatic rings. The smallest absolute Gasteiger partial charge is 0.227 e. The van der Waals surface area contributed by atoms with Crippen molar-refractivity contribution in [2.45, 2.75) is 62.6 Å². The maximum atomic E-state index is 12.3. The quantitative estimate of drug-likeness (QED) is 0.831. The molecule has 1 amide bonds. The van der Waals surface area contributed by atoms with E-state index in [-0.39, 0.29) is 22.6 Å². The zero-order valence-electron chi connectivity index (χ0n) is 13.4. The van der Waals surface area contributed by atoms with E-state index in [1.165, 1.54) is 4.90 Å². The van der Waals surface area contributed by atoms with E-state index in [1.807, 2.05) is 24.8 Å². The van der Waals surface area contributed by atoms with Crippen LogP contribution in [-0.2, 0) is 4.79 Å². The molecule has 0 aliphatic heterocycles. The van der Waals surface area contributed by atoms with Gasteiger partial charge in [-0.25, -0.2) is 0 Å². The molecule has 0 heterocycles. The molecule has 1 aliphatic carbocycles. The topological polar surface area (TPSA) is 55.1 Å². The highest BCUT2D eigenvalue weighted by Gasteiger charge is 2.27. The van der Waals surface area contributed by atoms with E-state index >= 15 is 0 Å². The third-order valence-electron chi connectivity index (χ3n) is 3.72. The molecule has 21 heavy (non-hydrogen) atoms. The lowest BCUT2D eigenvalue weighted by Crippen LogP contribution is -2.23. The fourth-order valence-corrected chi connectivity index (χ4v) is 3.76. The van der Waals surface area contributed by atoms with Crippen LogP contribution in [0.3, 0.4) is 0 Å². The van der Waals surface area contributed by atoms with Gasteiger partial charge in [-0.1, -0.05) is 20.8 Å². The molecule has 3 N–H and O–H groups in total. The van der Waals surface area contributed by atoms with Crippen LogP contribution in [0.2, 0.25) is 0 Å². The van der Waals surface area contributed by atoms with Crippen LogP contribution in [-0.4, -0.2) is 16.7 Å². The molecular weight excluding hydrogens is 280 g/mol. The SMILES string of the molecule is Cc1cc(SC(C)(C)C)ccc1NC(=O)C1CCC(N)C1. The minimum Gasteiger partial charge on any atom is -0.328 e. The highest BCUT2D eigenvalue weighted by atomic mass is 32.2. The van der Waals surface area contributed by atoms with Gasteiger partial charge in [0.1, 0.15) is 0 Å². The lowest BCUT2D eigenvalue weighted by Gasteiger charge is -2.19. The van der Waals surface area contributed by atoms with Gasteiger partial charge in [0.25, 0.3) is 0 Å². The first-order chi connectivity index (χ1) is 9.74. The molecule has 4 heteroatoms. The Balaban J connectivity index is 2.02. The fourth-order valence-electron chi connectivity index (χ4n) is 2.68. The summed E-state index contributed by atoms with van der Waals surface area (Å²) >= 11 is 1.84. The fraction of sp³-hybridized carbons (Fsp3) is 0.588. The van der Waals surface area contributed by atoms with Crippen LogP contribution in [0.25, 0.3) is 0 Å². The Morgan fingerprint density at radius 1 is 1.33 bits per heavy atom. The Bertz CT molecular complexity index is 522. The lowest BCUT2D eigenvalue weighted by molar-refractivity contribution is -0.119. The van der Waals surface area contributed by atoms with Gasteiger partial charge in [-0.2, -0.15) is 0 Å². The van der Waals surface area contributed by atoms with Crippen molar-refractivity contribution >= 4 is 23.4 Å². The largest absolute Gasteiger partial charge is 0.328 e. The number of benzene rings is 1. The van der Waals surface area contributed by atoms with E-state index in [2.05, 4.69) is 38.2 Å². The molecule has 0 bridgehead atoms. The average Bonchev–Trinajstić information content (AvgIpc) is 2.77. The van der Waals surface area contributed by atoms with Crippen molar-refractivity contribution in [1.82, 2.24) is 0 Å². The molecule has 116 valence electrons. The minimum absolute atomic E-state index is 0.0722. The Kier molecular flexibility index (Phi) is 4.99. The van der Waals surface area contributed by atoms with Gasteiger partial charge in [-0.15, -0.1) is 11.8 Å². The van der Waals surface area contributed by atoms with Crippen LogP contribution in [0.5, 0.6) is 0 Å². The molecule has 1 fully saturated rings. The first-order valence-electron chi connectivity index (χ1n) is 7.61. The van der Waals surface area contributed by atoms with Crippen LogP contribution in [0.4, 0.5) is 5.69 Å². The van der Waals surface area contributed by atoms with E-state index < -0.39 is 0 Å². The molecule has 2 rings (SSSR count). The highest BCUT2D eigenvalue weighted by Crippen LogP contribution is 2.34. The third kappa shape index (κ3) is 4.75. The summed E-state index contributed by atoms with van der Waals surface area (Å²) < 4.78 is 0.192. The average molecular weight is 306 g/mol. The number of aryl methyl sites for hydroxylation is 1. The number of hydrogen-bond donors (Lipinski definition) is 2. The van der Waals surface area contributed by atoms with E-state index in [9.17, 15) is 4.79 Å². The number of nitrogens with one attached hydrogen (secondary N) is 1. The molecular formula is C17H26N2OS. The predicted molar refractivity (Wildman–Crippen MR) is 90.7 cm³/mol. The van der Waals surface area contributed by atoms with Crippen molar-refractivity contribution in [2.24, 2.45) is 11.7 Å². The number of nitrogens with two attached hydrogens (primary N) is 1. The number of thioether (sulfide) groups is 1. The second kappa shape index (κ2) is 6.41. The molecule has 0 spiro atoms. The summed E-state index contributed by atoms with van der Waals surface area (Å²) in [5.41, 5.74) is 7.91. The summed E-state index contributed by atoms with van der Waals surface area (Å²) in [6, 6.07) is 6.42. The van der Waals surface area contributed by atoms with Crippen LogP contribution < -0.4 is 11.1 Å². The van der Waals surface area contributed by atoms with Crippen molar-refractivity contribution in [1.29, 1.82) is 0 Å². The zero-order valence-corrected chi connectivity index (χ0v) is 14.2. The van der Waals surface area contributed by atoms with Crippen molar-refractivity contribution < 1.29 is 4.79 Å². The Labute approximate surface area is 132 Å². The molecule has 3 nitrogen and oxygen atoms in total. The normalized spacial score (nSPS) is 22.3. The van der Waals surface area contributed by atoms with Gasteiger partial charge < -0.3 is 11.1 Å². The summed E-state index contributed by atoms with van der Waals surface area (Å²) in [7, 11) is 0. The highest BCUT2D eigenvalue weighted by molar-refractivity contribution is 8.00. The van der Waals surface area contributed by atoms with Gasteiger partial charge >= 0.3 is 0 Å². The first kappa shape index (κ1) is 16.4. The number of carbonyl (C=O) groups is 1. The van der Waals surface area contributed by atoms with Gasteiger partial charge in [-0.05, 0) is 49.9 Å². The second-order valence-corrected chi connectivity index (χ2v) is 8.85. The summed E-state index contributed by atoms with van der Waals surface area (Å²) in [6.45, 7) is 8.65. The summed E-state index contributed by atoms with van der Waals surface area (Å²) in [5.74, 6) is 0.185. The number of hydrogen-bond acceptors (Lipinski definition) is 3. The Morgan fingerprint density at radius 3 is 2.57 bits per heavy atom. The lowest BCUT2D eigenvalue weighted by atomic mass is 10.1. The van der Waals surface area contributed by atoms with Crippen LogP contribution >= 0.6 is 11.8 Å². The van der Waals surface area contributed by atoms with Crippen LogP contribution in [0, 0.1) is 12.8 Å². The van der Waals surface area contributed by atoms with Crippen molar-refractivity contribution in [2.75, 3.05) is 5.32 Å². The molecule has 2 atom stereocenters. The molecule has 0 radical (unpaired) electrons. The van der Waals surface area contributed by atoms with Gasteiger partial charge in [0.15, 0.2) is 0 Å². The standard InChI is InChI=1S/C17H26N2OS/c1-11-9-14(21-17(2,3)4)7-8-15(11)19-16(20)12-5-6-13(18)10-12/h7-9,12-13H,5-6,10,18H2,1-4H3,(H,19,20). The molecule has 1 aromatic carbocycles. The van der Waals surface area contributed by atoms with E-state index in [1.54, 1.807) is 0 Å². The van der Waals surface area contributed by atoms with Crippen LogP contribution in [0.15, 0.2) is 23.1 Å². The van der Waals surface area contributed by atoms with Gasteiger partial charge in [0, 0.05) is 27.3 Å². The van der Waals surface area contributed by atoms with E-state index in [0.717, 1.165) is 30.5 Å². The minimum atomic E-state index is 0.0722. The number of anilines is 1. The summed E-state index contributed by atoms with van der Waals surface area (Å²) in [6.07, 6.45) is 2.67. The maximum absolute atomic E-state index is 12.3. The van der Waals surface area contributed by atoms with Gasteiger partial charge in [0.05, 0.1) is 0 Å². The monoisotopic (exact) mass is 306 g/mol. The van der Waals surface area contributed by atoms with E-state index in [4.69, 9.17) is 5.73 Å². The van der Waals surface area contributed by atoms with Crippen molar-refractivity contribution in [3.63, 3.8) is 0 Å². The third-order valence-corrected chi connectivity index (χ3v) is 4.83.